The maximum Gasteiger partial charge on any atom is 0.408 e. The number of aromatic hydroxyl groups is 1. The second kappa shape index (κ2) is 13.5. The summed E-state index contributed by atoms with van der Waals surface area (Å²) in [5.41, 5.74) is -0.390. The van der Waals surface area contributed by atoms with Gasteiger partial charge in [-0.1, -0.05) is 25.1 Å². The third-order valence-corrected chi connectivity index (χ3v) is 5.75. The number of benzene rings is 1. The molecule has 3 amide bonds. The molecule has 0 aliphatic carbocycles. The first kappa shape index (κ1) is 29.6. The number of hydrogen-bond acceptors (Lipinski definition) is 6. The molecule has 0 spiro atoms. The standard InChI is InChI=1S/C25H41N3O5S/c1-9-17(4)28(21(22(30)26-16(2)3)18-12-10-11-13-20(18)29)23(31)19(14-15-34-8)27-24(32)33-25(5,6)7/h10-13,16-17,19,21,29H,9,14-15H2,1-8H3,(H,26,30)(H,27,32). The molecular formula is C25H41N3O5S. The van der Waals surface area contributed by atoms with Gasteiger partial charge in [-0.15, -0.1) is 0 Å². The Hall–Kier alpha value is -2.42. The van der Waals surface area contributed by atoms with Gasteiger partial charge >= 0.3 is 6.09 Å². The highest BCUT2D eigenvalue weighted by atomic mass is 32.2. The van der Waals surface area contributed by atoms with Crippen LogP contribution in [-0.4, -0.2) is 63.6 Å². The molecule has 1 aromatic rings. The maximum atomic E-state index is 14.0. The summed E-state index contributed by atoms with van der Waals surface area (Å²) in [6, 6.07) is 4.05. The number of phenolic OH excluding ortho intramolecular Hbond substituents is 1. The molecule has 0 fully saturated rings. The average molecular weight is 496 g/mol. The van der Waals surface area contributed by atoms with Crippen LogP contribution < -0.4 is 10.6 Å². The van der Waals surface area contributed by atoms with E-state index < -0.39 is 35.6 Å². The lowest BCUT2D eigenvalue weighted by molar-refractivity contribution is -0.145. The highest BCUT2D eigenvalue weighted by Crippen LogP contribution is 2.32. The molecule has 1 aromatic carbocycles. The second-order valence-electron chi connectivity index (χ2n) is 9.61. The quantitative estimate of drug-likeness (QED) is 0.424. The third-order valence-electron chi connectivity index (χ3n) is 5.11. The smallest absolute Gasteiger partial charge is 0.408 e. The number of carbonyl (C=O) groups is 3. The van der Waals surface area contributed by atoms with Gasteiger partial charge in [-0.3, -0.25) is 9.59 Å². The Bertz CT molecular complexity index is 825. The minimum atomic E-state index is -1.07. The van der Waals surface area contributed by atoms with Crippen LogP contribution in [0.4, 0.5) is 4.79 Å². The average Bonchev–Trinajstić information content (AvgIpc) is 2.72. The Morgan fingerprint density at radius 3 is 2.24 bits per heavy atom. The Morgan fingerprint density at radius 2 is 1.74 bits per heavy atom. The first-order valence-corrected chi connectivity index (χ1v) is 13.1. The lowest BCUT2D eigenvalue weighted by Gasteiger charge is -2.38. The van der Waals surface area contributed by atoms with Crippen LogP contribution in [0, 0.1) is 0 Å². The first-order valence-electron chi connectivity index (χ1n) is 11.7. The van der Waals surface area contributed by atoms with E-state index in [-0.39, 0.29) is 17.8 Å². The van der Waals surface area contributed by atoms with E-state index in [1.807, 2.05) is 34.0 Å². The number of carbonyl (C=O) groups excluding carboxylic acids is 3. The molecule has 0 aliphatic heterocycles. The van der Waals surface area contributed by atoms with Crippen LogP contribution in [0.5, 0.6) is 5.75 Å². The van der Waals surface area contributed by atoms with Crippen molar-refractivity contribution in [3.05, 3.63) is 29.8 Å². The van der Waals surface area contributed by atoms with Crippen LogP contribution in [0.15, 0.2) is 24.3 Å². The molecule has 1 rings (SSSR count). The second-order valence-corrected chi connectivity index (χ2v) is 10.6. The van der Waals surface area contributed by atoms with E-state index in [1.165, 1.54) is 11.0 Å². The molecule has 8 nitrogen and oxygen atoms in total. The predicted molar refractivity (Wildman–Crippen MR) is 137 cm³/mol. The number of alkyl carbamates (subject to hydrolysis) is 1. The number of ether oxygens (including phenoxy) is 1. The summed E-state index contributed by atoms with van der Waals surface area (Å²) in [6.07, 6.45) is 2.17. The van der Waals surface area contributed by atoms with Gasteiger partial charge in [-0.25, -0.2) is 4.79 Å². The van der Waals surface area contributed by atoms with Gasteiger partial charge in [-0.2, -0.15) is 11.8 Å². The molecule has 3 atom stereocenters. The molecule has 3 unspecified atom stereocenters. The molecule has 3 N–H and O–H groups in total. The highest BCUT2D eigenvalue weighted by Gasteiger charge is 2.39. The molecule has 192 valence electrons. The Morgan fingerprint density at radius 1 is 1.12 bits per heavy atom. The van der Waals surface area contributed by atoms with Gasteiger partial charge in [0.25, 0.3) is 0 Å². The van der Waals surface area contributed by atoms with Gasteiger partial charge in [0.05, 0.1) is 0 Å². The number of amides is 3. The highest BCUT2D eigenvalue weighted by molar-refractivity contribution is 7.98. The maximum absolute atomic E-state index is 14.0. The zero-order valence-electron chi connectivity index (χ0n) is 21.7. The van der Waals surface area contributed by atoms with Crippen LogP contribution in [0.25, 0.3) is 0 Å². The Kier molecular flexibility index (Phi) is 11.7. The van der Waals surface area contributed by atoms with E-state index in [0.717, 1.165) is 0 Å². The van der Waals surface area contributed by atoms with E-state index in [9.17, 15) is 19.5 Å². The van der Waals surface area contributed by atoms with Gasteiger partial charge in [0.1, 0.15) is 23.4 Å². The summed E-state index contributed by atoms with van der Waals surface area (Å²) in [5, 5.41) is 16.2. The van der Waals surface area contributed by atoms with Crippen molar-refractivity contribution < 1.29 is 24.2 Å². The summed E-state index contributed by atoms with van der Waals surface area (Å²) in [6.45, 7) is 12.7. The predicted octanol–water partition coefficient (Wildman–Crippen LogP) is 4.23. The van der Waals surface area contributed by atoms with Crippen molar-refractivity contribution in [3.63, 3.8) is 0 Å². The fourth-order valence-corrected chi connectivity index (χ4v) is 3.89. The zero-order valence-corrected chi connectivity index (χ0v) is 22.5. The lowest BCUT2D eigenvalue weighted by Crippen LogP contribution is -2.56. The zero-order chi connectivity index (χ0) is 26.1. The molecule has 0 saturated heterocycles. The molecule has 9 heteroatoms. The fourth-order valence-electron chi connectivity index (χ4n) is 3.42. The Labute approximate surface area is 208 Å². The van der Waals surface area contributed by atoms with Crippen molar-refractivity contribution in [2.45, 2.75) is 91.1 Å². The first-order chi connectivity index (χ1) is 15.8. The van der Waals surface area contributed by atoms with Gasteiger partial charge in [0.15, 0.2) is 0 Å². The largest absolute Gasteiger partial charge is 0.508 e. The van der Waals surface area contributed by atoms with Crippen molar-refractivity contribution in [1.29, 1.82) is 0 Å². The lowest BCUT2D eigenvalue weighted by atomic mass is 9.98. The van der Waals surface area contributed by atoms with E-state index in [2.05, 4.69) is 10.6 Å². The van der Waals surface area contributed by atoms with Gasteiger partial charge in [-0.05, 0) is 72.5 Å². The van der Waals surface area contributed by atoms with Crippen LogP contribution in [0.2, 0.25) is 0 Å². The van der Waals surface area contributed by atoms with E-state index >= 15 is 0 Å². The van der Waals surface area contributed by atoms with E-state index in [4.69, 9.17) is 4.74 Å². The minimum Gasteiger partial charge on any atom is -0.508 e. The van der Waals surface area contributed by atoms with Crippen LogP contribution in [-0.2, 0) is 14.3 Å². The van der Waals surface area contributed by atoms with Crippen molar-refractivity contribution in [3.8, 4) is 5.75 Å². The molecular weight excluding hydrogens is 454 g/mol. The SMILES string of the molecule is CCC(C)N(C(=O)C(CCSC)NC(=O)OC(C)(C)C)C(C(=O)NC(C)C)c1ccccc1O. The molecule has 34 heavy (non-hydrogen) atoms. The monoisotopic (exact) mass is 495 g/mol. The van der Waals surface area contributed by atoms with Crippen LogP contribution in [0.1, 0.15) is 72.9 Å². The van der Waals surface area contributed by atoms with Crippen LogP contribution in [0.3, 0.4) is 0 Å². The van der Waals surface area contributed by atoms with Crippen molar-refractivity contribution in [2.75, 3.05) is 12.0 Å². The number of hydrogen-bond donors (Lipinski definition) is 3. The topological polar surface area (TPSA) is 108 Å². The number of thioether (sulfide) groups is 1. The molecule has 0 aromatic heterocycles. The van der Waals surface area contributed by atoms with Crippen molar-refractivity contribution in [2.24, 2.45) is 0 Å². The number of para-hydroxylation sites is 1. The van der Waals surface area contributed by atoms with Crippen molar-refractivity contribution in [1.82, 2.24) is 15.5 Å². The summed E-state index contributed by atoms with van der Waals surface area (Å²) in [4.78, 5) is 41.4. The number of nitrogens with one attached hydrogen (secondary N) is 2. The summed E-state index contributed by atoms with van der Waals surface area (Å²) in [7, 11) is 0. The van der Waals surface area contributed by atoms with Crippen molar-refractivity contribution >= 4 is 29.7 Å². The molecule has 0 bridgehead atoms. The number of nitrogens with zero attached hydrogens (tertiary/aromatic N) is 1. The van der Waals surface area contributed by atoms with E-state index in [1.54, 1.807) is 50.7 Å². The fraction of sp³-hybridized carbons (Fsp3) is 0.640. The summed E-state index contributed by atoms with van der Waals surface area (Å²) >= 11 is 1.55. The number of phenols is 1. The molecule has 0 aliphatic rings. The molecule has 0 radical (unpaired) electrons. The van der Waals surface area contributed by atoms with E-state index in [0.29, 0.717) is 24.2 Å². The van der Waals surface area contributed by atoms with Gasteiger partial charge < -0.3 is 25.4 Å². The Balaban J connectivity index is 3.50. The third kappa shape index (κ3) is 9.08. The minimum absolute atomic E-state index is 0.0757. The molecule has 0 saturated carbocycles. The van der Waals surface area contributed by atoms with Gasteiger partial charge in [0, 0.05) is 17.6 Å². The van der Waals surface area contributed by atoms with Crippen LogP contribution >= 0.6 is 11.8 Å². The molecule has 0 heterocycles. The van der Waals surface area contributed by atoms with Gasteiger partial charge in [0.2, 0.25) is 11.8 Å². The summed E-state index contributed by atoms with van der Waals surface area (Å²) in [5.74, 6) is -0.249. The number of rotatable bonds is 11. The summed E-state index contributed by atoms with van der Waals surface area (Å²) < 4.78 is 5.38. The normalized spacial score (nSPS) is 14.1.